The van der Waals surface area contributed by atoms with Crippen molar-refractivity contribution in [2.45, 2.75) is 19.9 Å². The summed E-state index contributed by atoms with van der Waals surface area (Å²) in [6.45, 7) is 3.94. The Labute approximate surface area is 160 Å². The van der Waals surface area contributed by atoms with Crippen molar-refractivity contribution in [2.75, 3.05) is 29.7 Å². The third-order valence-corrected chi connectivity index (χ3v) is 6.27. The zero-order chi connectivity index (χ0) is 19.3. The van der Waals surface area contributed by atoms with Crippen molar-refractivity contribution >= 4 is 21.7 Å². The minimum atomic E-state index is -3.37. The second-order valence-corrected chi connectivity index (χ2v) is 8.35. The number of aryl methyl sites for hydroxylation is 1. The fourth-order valence-electron chi connectivity index (χ4n) is 3.06. The molecule has 1 aromatic heterocycles. The zero-order valence-electron chi connectivity index (χ0n) is 15.7. The van der Waals surface area contributed by atoms with Crippen LogP contribution in [0.1, 0.15) is 18.2 Å². The SMILES string of the molecule is CCNC(=NCc1ccnn1C)NCCS(=O)(=O)N1CCc2ccccc21. The van der Waals surface area contributed by atoms with Crippen molar-refractivity contribution in [3.05, 3.63) is 47.8 Å². The molecule has 1 aromatic carbocycles. The Balaban J connectivity index is 1.59. The van der Waals surface area contributed by atoms with Crippen LogP contribution in [0.5, 0.6) is 0 Å². The molecular weight excluding hydrogens is 364 g/mol. The lowest BCUT2D eigenvalue weighted by Gasteiger charge is -2.20. The number of anilines is 1. The van der Waals surface area contributed by atoms with Crippen molar-refractivity contribution in [3.63, 3.8) is 0 Å². The Morgan fingerprint density at radius 3 is 2.81 bits per heavy atom. The first-order valence-electron chi connectivity index (χ1n) is 9.08. The number of aliphatic imine (C=N–C) groups is 1. The second-order valence-electron chi connectivity index (χ2n) is 6.33. The van der Waals surface area contributed by atoms with Gasteiger partial charge < -0.3 is 10.6 Å². The van der Waals surface area contributed by atoms with E-state index in [2.05, 4.69) is 20.7 Å². The molecule has 1 aliphatic heterocycles. The predicted molar refractivity (Wildman–Crippen MR) is 107 cm³/mol. The highest BCUT2D eigenvalue weighted by molar-refractivity contribution is 7.92. The number of hydrogen-bond acceptors (Lipinski definition) is 4. The third-order valence-electron chi connectivity index (χ3n) is 4.50. The van der Waals surface area contributed by atoms with E-state index in [4.69, 9.17) is 0 Å². The lowest BCUT2D eigenvalue weighted by molar-refractivity contribution is 0.591. The van der Waals surface area contributed by atoms with Gasteiger partial charge in [0.15, 0.2) is 5.96 Å². The normalized spacial score (nSPS) is 14.3. The molecule has 0 saturated carbocycles. The maximum Gasteiger partial charge on any atom is 0.236 e. The Morgan fingerprint density at radius 1 is 1.26 bits per heavy atom. The van der Waals surface area contributed by atoms with Crippen LogP contribution in [0.2, 0.25) is 0 Å². The van der Waals surface area contributed by atoms with Crippen LogP contribution in [0.15, 0.2) is 41.5 Å². The molecule has 8 nitrogen and oxygen atoms in total. The first-order chi connectivity index (χ1) is 13.0. The summed E-state index contributed by atoms with van der Waals surface area (Å²) < 4.78 is 28.8. The first-order valence-corrected chi connectivity index (χ1v) is 10.7. The molecule has 9 heteroatoms. The number of rotatable bonds is 7. The zero-order valence-corrected chi connectivity index (χ0v) is 16.5. The maximum absolute atomic E-state index is 12.7. The highest BCUT2D eigenvalue weighted by Crippen LogP contribution is 2.29. The number of aromatic nitrogens is 2. The van der Waals surface area contributed by atoms with Gasteiger partial charge in [-0.15, -0.1) is 0 Å². The fraction of sp³-hybridized carbons (Fsp3) is 0.444. The molecule has 0 spiro atoms. The molecule has 0 atom stereocenters. The Kier molecular flexibility index (Phi) is 6.00. The molecule has 0 radical (unpaired) electrons. The van der Waals surface area contributed by atoms with Crippen molar-refractivity contribution in [2.24, 2.45) is 12.0 Å². The number of nitrogens with zero attached hydrogens (tertiary/aromatic N) is 4. The van der Waals surface area contributed by atoms with Gasteiger partial charge >= 0.3 is 0 Å². The van der Waals surface area contributed by atoms with Crippen molar-refractivity contribution < 1.29 is 8.42 Å². The van der Waals surface area contributed by atoms with E-state index in [9.17, 15) is 8.42 Å². The molecule has 1 aliphatic rings. The van der Waals surface area contributed by atoms with Crippen LogP contribution in [-0.2, 0) is 30.0 Å². The Hall–Kier alpha value is -2.55. The van der Waals surface area contributed by atoms with E-state index in [0.29, 0.717) is 25.6 Å². The van der Waals surface area contributed by atoms with Crippen LogP contribution in [0.3, 0.4) is 0 Å². The van der Waals surface area contributed by atoms with Gasteiger partial charge in [-0.2, -0.15) is 5.10 Å². The van der Waals surface area contributed by atoms with Gasteiger partial charge in [-0.3, -0.25) is 8.99 Å². The average Bonchev–Trinajstić information content (AvgIpc) is 3.26. The van der Waals surface area contributed by atoms with Gasteiger partial charge in [-0.1, -0.05) is 18.2 Å². The van der Waals surface area contributed by atoms with E-state index in [1.165, 1.54) is 4.31 Å². The maximum atomic E-state index is 12.7. The van der Waals surface area contributed by atoms with E-state index in [1.807, 2.05) is 44.3 Å². The lowest BCUT2D eigenvalue weighted by Crippen LogP contribution is -2.42. The van der Waals surface area contributed by atoms with Crippen molar-refractivity contribution in [3.8, 4) is 0 Å². The summed E-state index contributed by atoms with van der Waals surface area (Å²) >= 11 is 0. The van der Waals surface area contributed by atoms with E-state index in [-0.39, 0.29) is 12.3 Å². The van der Waals surface area contributed by atoms with Gasteiger partial charge in [0, 0.05) is 32.9 Å². The molecule has 0 saturated heterocycles. The minimum absolute atomic E-state index is 0.0114. The largest absolute Gasteiger partial charge is 0.357 e. The second kappa shape index (κ2) is 8.43. The molecule has 2 aromatic rings. The number of sulfonamides is 1. The Morgan fingerprint density at radius 2 is 2.07 bits per heavy atom. The first kappa shape index (κ1) is 19.2. The lowest BCUT2D eigenvalue weighted by atomic mass is 10.2. The molecule has 0 amide bonds. The predicted octanol–water partition coefficient (Wildman–Crippen LogP) is 0.868. The molecule has 27 heavy (non-hydrogen) atoms. The van der Waals surface area contributed by atoms with Crippen LogP contribution < -0.4 is 14.9 Å². The smallest absolute Gasteiger partial charge is 0.236 e. The average molecular weight is 391 g/mol. The summed E-state index contributed by atoms with van der Waals surface area (Å²) in [7, 11) is -1.51. The van der Waals surface area contributed by atoms with Crippen LogP contribution >= 0.6 is 0 Å². The molecule has 0 bridgehead atoms. The van der Waals surface area contributed by atoms with Gasteiger partial charge in [0.05, 0.1) is 23.7 Å². The number of para-hydroxylation sites is 1. The number of fused-ring (bicyclic) bond motifs is 1. The Bertz CT molecular complexity index is 906. The van der Waals surface area contributed by atoms with E-state index in [0.717, 1.165) is 23.4 Å². The molecular formula is C18H26N6O2S. The standard InChI is InChI=1S/C18H26N6O2S/c1-3-19-18(21-14-16-8-10-22-23(16)2)20-11-13-27(25,26)24-12-9-15-6-4-5-7-17(15)24/h4-8,10H,3,9,11-14H2,1-2H3,(H2,19,20,21). The number of benzene rings is 1. The summed E-state index contributed by atoms with van der Waals surface area (Å²) in [6, 6.07) is 9.57. The van der Waals surface area contributed by atoms with Crippen LogP contribution in [-0.4, -0.2) is 49.5 Å². The van der Waals surface area contributed by atoms with Crippen LogP contribution in [0, 0.1) is 0 Å². The third kappa shape index (κ3) is 4.60. The van der Waals surface area contributed by atoms with Crippen molar-refractivity contribution in [1.29, 1.82) is 0 Å². The molecule has 0 unspecified atom stereocenters. The number of hydrogen-bond donors (Lipinski definition) is 2. The quantitative estimate of drug-likeness (QED) is 0.541. The molecule has 3 rings (SSSR count). The van der Waals surface area contributed by atoms with Crippen LogP contribution in [0.4, 0.5) is 5.69 Å². The summed E-state index contributed by atoms with van der Waals surface area (Å²) in [5, 5.41) is 10.4. The molecule has 146 valence electrons. The topological polar surface area (TPSA) is 91.6 Å². The van der Waals surface area contributed by atoms with E-state index < -0.39 is 10.0 Å². The molecule has 2 N–H and O–H groups in total. The van der Waals surface area contributed by atoms with Crippen LogP contribution in [0.25, 0.3) is 0 Å². The van der Waals surface area contributed by atoms with Gasteiger partial charge in [0.25, 0.3) is 0 Å². The highest BCUT2D eigenvalue weighted by Gasteiger charge is 2.28. The van der Waals surface area contributed by atoms with Gasteiger partial charge in [0.2, 0.25) is 10.0 Å². The summed E-state index contributed by atoms with van der Waals surface area (Å²) in [5.74, 6) is 0.605. The summed E-state index contributed by atoms with van der Waals surface area (Å²) in [6.07, 6.45) is 2.49. The van der Waals surface area contributed by atoms with E-state index in [1.54, 1.807) is 10.9 Å². The van der Waals surface area contributed by atoms with E-state index >= 15 is 0 Å². The fourth-order valence-corrected chi connectivity index (χ4v) is 4.49. The monoisotopic (exact) mass is 390 g/mol. The van der Waals surface area contributed by atoms with Gasteiger partial charge in [0.1, 0.15) is 0 Å². The molecule has 0 aliphatic carbocycles. The highest BCUT2D eigenvalue weighted by atomic mass is 32.2. The summed E-state index contributed by atoms with van der Waals surface area (Å²) in [4.78, 5) is 4.49. The minimum Gasteiger partial charge on any atom is -0.357 e. The van der Waals surface area contributed by atoms with Gasteiger partial charge in [-0.25, -0.2) is 13.4 Å². The number of nitrogens with one attached hydrogen (secondary N) is 2. The number of guanidine groups is 1. The molecule has 2 heterocycles. The molecule has 0 fully saturated rings. The summed E-state index contributed by atoms with van der Waals surface area (Å²) in [5.41, 5.74) is 2.86. The van der Waals surface area contributed by atoms with Gasteiger partial charge in [-0.05, 0) is 31.0 Å². The van der Waals surface area contributed by atoms with Crippen molar-refractivity contribution in [1.82, 2.24) is 20.4 Å².